The van der Waals surface area contributed by atoms with Crippen molar-refractivity contribution in [3.05, 3.63) is 35.6 Å². The molecule has 0 saturated heterocycles. The molecule has 1 fully saturated rings. The van der Waals surface area contributed by atoms with E-state index in [1.54, 1.807) is 6.07 Å². The smallest absolute Gasteiger partial charge is 0.188 e. The van der Waals surface area contributed by atoms with Crippen LogP contribution in [0, 0.1) is 5.82 Å². The van der Waals surface area contributed by atoms with Gasteiger partial charge in [-0.2, -0.15) is 0 Å². The molecule has 96 valence electrons. The van der Waals surface area contributed by atoms with Crippen molar-refractivity contribution in [1.82, 2.24) is 0 Å². The van der Waals surface area contributed by atoms with E-state index in [1.165, 1.54) is 12.1 Å². The number of hydrogen-bond donors (Lipinski definition) is 1. The number of rotatable bonds is 2. The quantitative estimate of drug-likeness (QED) is 0.870. The molecule has 0 aromatic heterocycles. The maximum Gasteiger partial charge on any atom is 0.188 e. The van der Waals surface area contributed by atoms with Crippen LogP contribution in [0.15, 0.2) is 29.3 Å². The van der Waals surface area contributed by atoms with E-state index in [9.17, 15) is 4.39 Å². The Balaban J connectivity index is 1.68. The van der Waals surface area contributed by atoms with Crippen molar-refractivity contribution in [3.8, 4) is 0 Å². The molecular formula is C14H17FN2O. The molecule has 0 radical (unpaired) electrons. The first-order valence-corrected chi connectivity index (χ1v) is 6.44. The highest BCUT2D eigenvalue weighted by atomic mass is 19.1. The summed E-state index contributed by atoms with van der Waals surface area (Å²) in [5.74, 6) is 0.509. The number of nitrogens with zero attached hydrogens (tertiary/aromatic N) is 1. The Morgan fingerprint density at radius 1 is 1.39 bits per heavy atom. The van der Waals surface area contributed by atoms with Crippen LogP contribution < -0.4 is 5.73 Å². The molecule has 18 heavy (non-hydrogen) atoms. The maximum atomic E-state index is 13.1. The third-order valence-electron chi connectivity index (χ3n) is 3.64. The van der Waals surface area contributed by atoms with Crippen LogP contribution in [0.4, 0.5) is 4.39 Å². The van der Waals surface area contributed by atoms with Gasteiger partial charge in [-0.05, 0) is 30.5 Å². The van der Waals surface area contributed by atoms with Crippen LogP contribution in [0.5, 0.6) is 0 Å². The van der Waals surface area contributed by atoms with Gasteiger partial charge in [-0.15, -0.1) is 0 Å². The Morgan fingerprint density at radius 2 is 2.28 bits per heavy atom. The predicted molar refractivity (Wildman–Crippen MR) is 68.0 cm³/mol. The zero-order chi connectivity index (χ0) is 12.5. The van der Waals surface area contributed by atoms with Crippen molar-refractivity contribution in [3.63, 3.8) is 0 Å². The lowest BCUT2D eigenvalue weighted by Crippen LogP contribution is -2.38. The fraction of sp³-hybridized carbons (Fsp3) is 0.500. The second-order valence-corrected chi connectivity index (χ2v) is 5.13. The van der Waals surface area contributed by atoms with Gasteiger partial charge in [-0.1, -0.05) is 12.1 Å². The van der Waals surface area contributed by atoms with E-state index in [0.717, 1.165) is 30.7 Å². The summed E-state index contributed by atoms with van der Waals surface area (Å²) in [6.07, 6.45) is 3.60. The summed E-state index contributed by atoms with van der Waals surface area (Å²) in [6, 6.07) is 7.06. The third kappa shape index (κ3) is 2.38. The summed E-state index contributed by atoms with van der Waals surface area (Å²) >= 11 is 0. The summed E-state index contributed by atoms with van der Waals surface area (Å²) in [5, 5.41) is 0. The van der Waals surface area contributed by atoms with Gasteiger partial charge < -0.3 is 10.5 Å². The van der Waals surface area contributed by atoms with Crippen LogP contribution >= 0.6 is 0 Å². The molecule has 0 spiro atoms. The van der Waals surface area contributed by atoms with Crippen molar-refractivity contribution in [1.29, 1.82) is 0 Å². The average Bonchev–Trinajstić information content (AvgIpc) is 2.70. The molecular weight excluding hydrogens is 231 g/mol. The first kappa shape index (κ1) is 11.7. The third-order valence-corrected chi connectivity index (χ3v) is 3.64. The van der Waals surface area contributed by atoms with E-state index in [1.807, 2.05) is 6.07 Å². The van der Waals surface area contributed by atoms with Crippen LogP contribution in [0.25, 0.3) is 0 Å². The first-order valence-electron chi connectivity index (χ1n) is 6.44. The lowest BCUT2D eigenvalue weighted by molar-refractivity contribution is 0.139. The Hall–Kier alpha value is -1.42. The van der Waals surface area contributed by atoms with E-state index < -0.39 is 0 Å². The Bertz CT molecular complexity index is 475. The SMILES string of the molecule is NC1CCC2N=C(Cc3cccc(F)c3)OC2C1. The molecule has 1 aromatic carbocycles. The molecule has 2 N–H and O–H groups in total. The van der Waals surface area contributed by atoms with Crippen molar-refractivity contribution in [2.45, 2.75) is 43.9 Å². The van der Waals surface area contributed by atoms with E-state index >= 15 is 0 Å². The van der Waals surface area contributed by atoms with Gasteiger partial charge in [0.25, 0.3) is 0 Å². The van der Waals surface area contributed by atoms with Crippen molar-refractivity contribution in [2.24, 2.45) is 10.7 Å². The second-order valence-electron chi connectivity index (χ2n) is 5.13. The molecule has 1 saturated carbocycles. The molecule has 1 aliphatic carbocycles. The number of nitrogens with two attached hydrogens (primary N) is 1. The topological polar surface area (TPSA) is 47.6 Å². The molecule has 4 heteroatoms. The summed E-state index contributed by atoms with van der Waals surface area (Å²) in [7, 11) is 0. The van der Waals surface area contributed by atoms with Crippen molar-refractivity contribution >= 4 is 5.90 Å². The van der Waals surface area contributed by atoms with Gasteiger partial charge in [-0.3, -0.25) is 0 Å². The van der Waals surface area contributed by atoms with E-state index in [2.05, 4.69) is 4.99 Å². The summed E-state index contributed by atoms with van der Waals surface area (Å²) in [4.78, 5) is 4.59. The van der Waals surface area contributed by atoms with Crippen LogP contribution in [0.1, 0.15) is 24.8 Å². The van der Waals surface area contributed by atoms with Gasteiger partial charge in [-0.25, -0.2) is 9.38 Å². The normalized spacial score (nSPS) is 30.6. The predicted octanol–water partition coefficient (Wildman–Crippen LogP) is 2.05. The minimum absolute atomic E-state index is 0.136. The number of halogens is 1. The highest BCUT2D eigenvalue weighted by Crippen LogP contribution is 2.28. The molecule has 2 aliphatic rings. The number of benzene rings is 1. The number of hydrogen-bond acceptors (Lipinski definition) is 3. The van der Waals surface area contributed by atoms with Crippen LogP contribution in [-0.2, 0) is 11.2 Å². The minimum Gasteiger partial charge on any atom is -0.475 e. The molecule has 3 rings (SSSR count). The van der Waals surface area contributed by atoms with Crippen molar-refractivity contribution < 1.29 is 9.13 Å². The Morgan fingerprint density at radius 3 is 3.11 bits per heavy atom. The number of aliphatic imine (C=N–C) groups is 1. The molecule has 3 unspecified atom stereocenters. The summed E-state index contributed by atoms with van der Waals surface area (Å²) in [5.41, 5.74) is 6.83. The molecule has 3 atom stereocenters. The standard InChI is InChI=1S/C14H17FN2O/c15-10-3-1-2-9(6-10)7-14-17-12-5-4-11(16)8-13(12)18-14/h1-3,6,11-13H,4-5,7-8,16H2. The average molecular weight is 248 g/mol. The Kier molecular flexibility index (Phi) is 3.04. The lowest BCUT2D eigenvalue weighted by atomic mass is 9.90. The van der Waals surface area contributed by atoms with Gasteiger partial charge in [0.1, 0.15) is 11.9 Å². The maximum absolute atomic E-state index is 13.1. The molecule has 3 nitrogen and oxygen atoms in total. The fourth-order valence-corrected chi connectivity index (χ4v) is 2.72. The highest BCUT2D eigenvalue weighted by Gasteiger charge is 2.35. The van der Waals surface area contributed by atoms with Gasteiger partial charge in [0, 0.05) is 18.9 Å². The minimum atomic E-state index is -0.217. The lowest BCUT2D eigenvalue weighted by Gasteiger charge is -2.26. The molecule has 1 aromatic rings. The zero-order valence-electron chi connectivity index (χ0n) is 10.2. The van der Waals surface area contributed by atoms with Gasteiger partial charge in [0.05, 0.1) is 6.04 Å². The Labute approximate surface area is 106 Å². The van der Waals surface area contributed by atoms with Crippen LogP contribution in [0.3, 0.4) is 0 Å². The number of ether oxygens (including phenoxy) is 1. The van der Waals surface area contributed by atoms with Crippen molar-refractivity contribution in [2.75, 3.05) is 0 Å². The summed E-state index contributed by atoms with van der Waals surface area (Å²) < 4.78 is 18.9. The van der Waals surface area contributed by atoms with E-state index in [-0.39, 0.29) is 24.0 Å². The first-order chi connectivity index (χ1) is 8.70. The molecule has 0 bridgehead atoms. The van der Waals surface area contributed by atoms with Crippen LogP contribution in [-0.4, -0.2) is 24.1 Å². The molecule has 1 heterocycles. The monoisotopic (exact) mass is 248 g/mol. The molecule has 1 aliphatic heterocycles. The summed E-state index contributed by atoms with van der Waals surface area (Å²) in [6.45, 7) is 0. The van der Waals surface area contributed by atoms with E-state index in [0.29, 0.717) is 6.42 Å². The number of fused-ring (bicyclic) bond motifs is 1. The largest absolute Gasteiger partial charge is 0.475 e. The zero-order valence-corrected chi connectivity index (χ0v) is 10.2. The van der Waals surface area contributed by atoms with Gasteiger partial charge in [0.2, 0.25) is 0 Å². The second kappa shape index (κ2) is 4.69. The van der Waals surface area contributed by atoms with Crippen LogP contribution in [0.2, 0.25) is 0 Å². The molecule has 0 amide bonds. The fourth-order valence-electron chi connectivity index (χ4n) is 2.72. The van der Waals surface area contributed by atoms with Gasteiger partial charge >= 0.3 is 0 Å². The highest BCUT2D eigenvalue weighted by molar-refractivity contribution is 5.80. The van der Waals surface area contributed by atoms with Gasteiger partial charge in [0.15, 0.2) is 5.90 Å². The van der Waals surface area contributed by atoms with E-state index in [4.69, 9.17) is 10.5 Å².